The molecule has 0 aliphatic carbocycles. The molecule has 2 aliphatic rings. The zero-order valence-corrected chi connectivity index (χ0v) is 30.1. The second-order valence-electron chi connectivity index (χ2n) is 14.0. The molecule has 1 atom stereocenters. The Balaban J connectivity index is 1.12. The zero-order chi connectivity index (χ0) is 37.0. The van der Waals surface area contributed by atoms with Gasteiger partial charge in [0.2, 0.25) is 0 Å². The van der Waals surface area contributed by atoms with Crippen LogP contribution in [0, 0.1) is 0 Å². The Morgan fingerprint density at radius 1 is 0.625 bits per heavy atom. The molecule has 11 rings (SSSR count). The first-order valence-corrected chi connectivity index (χ1v) is 18.7. The number of hydrogen-bond donors (Lipinski definition) is 1. The Kier molecular flexibility index (Phi) is 7.48. The largest absolute Gasteiger partial charge is 0.678 e. The summed E-state index contributed by atoms with van der Waals surface area (Å²) in [5, 5.41) is 10.6. The maximum Gasteiger partial charge on any atom is 0.161 e. The van der Waals surface area contributed by atoms with Gasteiger partial charge in [-0.15, -0.1) is 6.54 Å². The number of nitrogens with one attached hydrogen (secondary N) is 1. The molecule has 5 aromatic carbocycles. The first kappa shape index (κ1) is 32.0. The third kappa shape index (κ3) is 5.48. The normalized spacial score (nSPS) is 15.1. The van der Waals surface area contributed by atoms with Gasteiger partial charge in [-0.3, -0.25) is 9.97 Å². The lowest BCUT2D eigenvalue weighted by Gasteiger charge is -2.27. The molecule has 266 valence electrons. The highest BCUT2D eigenvalue weighted by Gasteiger charge is 2.24. The molecule has 0 fully saturated rings. The molecule has 0 saturated carbocycles. The van der Waals surface area contributed by atoms with Crippen molar-refractivity contribution in [1.82, 2.24) is 15.3 Å². The van der Waals surface area contributed by atoms with Crippen LogP contribution in [0.1, 0.15) is 34.1 Å². The smallest absolute Gasteiger partial charge is 0.161 e. The minimum atomic E-state index is -0.175. The lowest BCUT2D eigenvalue weighted by atomic mass is 9.91. The molecule has 0 spiro atoms. The molecule has 7 heteroatoms. The van der Waals surface area contributed by atoms with Crippen molar-refractivity contribution in [3.63, 3.8) is 0 Å². The summed E-state index contributed by atoms with van der Waals surface area (Å²) < 4.78 is 13.1. The van der Waals surface area contributed by atoms with Crippen molar-refractivity contribution in [2.45, 2.75) is 6.04 Å². The summed E-state index contributed by atoms with van der Waals surface area (Å²) in [6, 6.07) is 47.8. The highest BCUT2D eigenvalue weighted by atomic mass is 16.3. The summed E-state index contributed by atoms with van der Waals surface area (Å²) in [6.45, 7) is 0.546. The van der Waals surface area contributed by atoms with Crippen molar-refractivity contribution < 1.29 is 8.83 Å². The number of benzene rings is 5. The van der Waals surface area contributed by atoms with E-state index >= 15 is 0 Å². The number of aromatic nitrogens is 2. The summed E-state index contributed by atoms with van der Waals surface area (Å²) in [4.78, 5) is 14.5. The summed E-state index contributed by atoms with van der Waals surface area (Å²) in [7, 11) is 0. The summed E-state index contributed by atoms with van der Waals surface area (Å²) in [5.74, 6) is 1.51. The number of aliphatic imine (C=N–C) groups is 1. The van der Waals surface area contributed by atoms with Gasteiger partial charge in [0.1, 0.15) is 28.3 Å². The number of hydrogen-bond acceptors (Lipinski definition) is 6. The van der Waals surface area contributed by atoms with Crippen LogP contribution >= 0.6 is 0 Å². The van der Waals surface area contributed by atoms with Crippen molar-refractivity contribution >= 4 is 55.8 Å². The van der Waals surface area contributed by atoms with Crippen LogP contribution < -0.4 is 5.32 Å². The van der Waals surface area contributed by atoms with E-state index in [1.807, 2.05) is 73.1 Å². The monoisotopic (exact) mass is 722 g/mol. The molecule has 9 aromatic rings. The number of amidine groups is 1. The lowest BCUT2D eigenvalue weighted by Crippen LogP contribution is -2.31. The highest BCUT2D eigenvalue weighted by Crippen LogP contribution is 2.46. The SMILES string of the molecule is C1=C(c2cc(C3=CC[N-]c4c3oc3ccccc43)cc(-c3ccnc4c3oc3ccccc34)c2)N=C(c2cccnc2)NC1c1cccc(-c2ccccc2)c1. The number of pyridine rings is 2. The average molecular weight is 723 g/mol. The second kappa shape index (κ2) is 13.1. The average Bonchev–Trinajstić information content (AvgIpc) is 3.86. The van der Waals surface area contributed by atoms with E-state index in [-0.39, 0.29) is 6.04 Å². The van der Waals surface area contributed by atoms with Crippen LogP contribution in [0.15, 0.2) is 184 Å². The minimum absolute atomic E-state index is 0.175. The van der Waals surface area contributed by atoms with Crippen molar-refractivity contribution in [2.75, 3.05) is 6.54 Å². The van der Waals surface area contributed by atoms with Crippen LogP contribution in [0.4, 0.5) is 5.69 Å². The van der Waals surface area contributed by atoms with Crippen LogP contribution in [-0.2, 0) is 0 Å². The minimum Gasteiger partial charge on any atom is -0.678 e. The van der Waals surface area contributed by atoms with Crippen LogP contribution in [-0.4, -0.2) is 22.3 Å². The molecule has 56 heavy (non-hydrogen) atoms. The van der Waals surface area contributed by atoms with Gasteiger partial charge < -0.3 is 19.5 Å². The first-order valence-electron chi connectivity index (χ1n) is 18.7. The molecule has 7 nitrogen and oxygen atoms in total. The van der Waals surface area contributed by atoms with E-state index in [0.29, 0.717) is 6.54 Å². The maximum absolute atomic E-state index is 6.55. The van der Waals surface area contributed by atoms with Gasteiger partial charge in [-0.1, -0.05) is 90.6 Å². The van der Waals surface area contributed by atoms with Crippen molar-refractivity contribution in [3.8, 4) is 22.3 Å². The van der Waals surface area contributed by atoms with E-state index in [0.717, 1.165) is 101 Å². The molecular formula is C49H32N5O2-. The molecule has 0 radical (unpaired) electrons. The number of para-hydroxylation sites is 2. The van der Waals surface area contributed by atoms with Gasteiger partial charge in [0.05, 0.1) is 11.7 Å². The Labute approximate surface area is 322 Å². The van der Waals surface area contributed by atoms with Gasteiger partial charge in [-0.25, -0.2) is 4.99 Å². The number of furan rings is 2. The predicted molar refractivity (Wildman–Crippen MR) is 225 cm³/mol. The Morgan fingerprint density at radius 3 is 2.27 bits per heavy atom. The van der Waals surface area contributed by atoms with E-state index < -0.39 is 0 Å². The van der Waals surface area contributed by atoms with E-state index in [9.17, 15) is 0 Å². The fraction of sp³-hybridized carbons (Fsp3) is 0.0408. The zero-order valence-electron chi connectivity index (χ0n) is 30.1. The highest BCUT2D eigenvalue weighted by molar-refractivity contribution is 6.08. The number of rotatable bonds is 6. The number of nitrogens with zero attached hydrogens (tertiary/aromatic N) is 4. The second-order valence-corrected chi connectivity index (χ2v) is 14.0. The molecule has 6 heterocycles. The molecule has 1 N–H and O–H groups in total. The summed E-state index contributed by atoms with van der Waals surface area (Å²) in [6.07, 6.45) is 9.86. The molecule has 0 saturated heterocycles. The van der Waals surface area contributed by atoms with Gasteiger partial charge in [-0.2, -0.15) is 0 Å². The van der Waals surface area contributed by atoms with E-state index in [1.54, 1.807) is 6.20 Å². The Morgan fingerprint density at radius 2 is 1.39 bits per heavy atom. The molecule has 0 amide bonds. The lowest BCUT2D eigenvalue weighted by molar-refractivity contribution is 0.601. The first-order chi connectivity index (χ1) is 27.7. The molecule has 0 bridgehead atoms. The standard InChI is InChI=1S/C49H32N5O2/c1-2-10-30(11-3-1)31-12-8-13-32(24-31)41-28-42(54-49(53-41)33-14-9-21-50-29-33)36-26-34(37-19-22-51-45-39-15-4-6-17-43(39)55-47(37)45)25-35(27-36)38-20-23-52-46-40-16-5-7-18-44(40)56-48(38)46/h1-22,24-29,41H,23H2,(H,53,54)/q-1. The van der Waals surface area contributed by atoms with Crippen LogP contribution in [0.5, 0.6) is 0 Å². The van der Waals surface area contributed by atoms with E-state index in [1.165, 1.54) is 5.56 Å². The maximum atomic E-state index is 6.55. The molecule has 2 aliphatic heterocycles. The van der Waals surface area contributed by atoms with Crippen molar-refractivity contribution in [2.24, 2.45) is 4.99 Å². The Bertz CT molecular complexity index is 3070. The van der Waals surface area contributed by atoms with Gasteiger partial charge in [-0.05, 0) is 94.6 Å². The fourth-order valence-electron chi connectivity index (χ4n) is 7.93. The van der Waals surface area contributed by atoms with Gasteiger partial charge >= 0.3 is 0 Å². The third-order valence-electron chi connectivity index (χ3n) is 10.6. The topological polar surface area (TPSA) is 90.5 Å². The van der Waals surface area contributed by atoms with Crippen molar-refractivity contribution in [3.05, 3.63) is 204 Å². The van der Waals surface area contributed by atoms with Crippen LogP contribution in [0.2, 0.25) is 0 Å². The van der Waals surface area contributed by atoms with E-state index in [4.69, 9.17) is 24.1 Å². The fourth-order valence-corrected chi connectivity index (χ4v) is 7.93. The third-order valence-corrected chi connectivity index (χ3v) is 10.6. The molecular weight excluding hydrogens is 691 g/mol. The van der Waals surface area contributed by atoms with Crippen LogP contribution in [0.25, 0.3) is 71.9 Å². The predicted octanol–water partition coefficient (Wildman–Crippen LogP) is 12.0. The molecule has 4 aromatic heterocycles. The Hall–Kier alpha value is -7.51. The molecule has 1 unspecified atom stereocenters. The number of fused-ring (bicyclic) bond motifs is 6. The van der Waals surface area contributed by atoms with Gasteiger partial charge in [0, 0.05) is 51.6 Å². The van der Waals surface area contributed by atoms with Gasteiger partial charge in [0.25, 0.3) is 0 Å². The van der Waals surface area contributed by atoms with Crippen LogP contribution in [0.3, 0.4) is 0 Å². The van der Waals surface area contributed by atoms with E-state index in [2.05, 4.69) is 101 Å². The van der Waals surface area contributed by atoms with Crippen molar-refractivity contribution in [1.29, 1.82) is 0 Å². The quantitative estimate of drug-likeness (QED) is 0.184. The van der Waals surface area contributed by atoms with Gasteiger partial charge in [0.15, 0.2) is 5.58 Å². The summed E-state index contributed by atoms with van der Waals surface area (Å²) >= 11 is 0. The summed E-state index contributed by atoms with van der Waals surface area (Å²) in [5.41, 5.74) is 14.1.